The highest BCUT2D eigenvalue weighted by Gasteiger charge is 2.45. The van der Waals surface area contributed by atoms with Gasteiger partial charge in [-0.15, -0.1) is 0 Å². The van der Waals surface area contributed by atoms with E-state index in [-0.39, 0.29) is 29.7 Å². The van der Waals surface area contributed by atoms with E-state index in [1.807, 2.05) is 42.3 Å². The minimum Gasteiger partial charge on any atom is -0.368 e. The molecule has 3 aliphatic rings. The molecule has 2 fully saturated rings. The Labute approximate surface area is 297 Å². The number of amides is 4. The molecule has 3 N–H and O–H groups in total. The molecule has 14 nitrogen and oxygen atoms in total. The molecule has 1 atom stereocenters. The quantitative estimate of drug-likeness (QED) is 0.207. The predicted octanol–water partition coefficient (Wildman–Crippen LogP) is 4.33. The van der Waals surface area contributed by atoms with Crippen LogP contribution in [0.5, 0.6) is 0 Å². The Morgan fingerprint density at radius 1 is 0.865 bits per heavy atom. The molecule has 8 rings (SSSR count). The molecule has 0 radical (unpaired) electrons. The van der Waals surface area contributed by atoms with E-state index in [2.05, 4.69) is 56.9 Å². The summed E-state index contributed by atoms with van der Waals surface area (Å²) in [5, 5.41) is 14.3. The number of rotatable bonds is 7. The van der Waals surface area contributed by atoms with Gasteiger partial charge in [0, 0.05) is 62.9 Å². The Hall–Kier alpha value is -6.38. The highest BCUT2D eigenvalue weighted by molar-refractivity contribution is 6.23. The third kappa shape index (κ3) is 5.73. The molecule has 1 unspecified atom stereocenters. The first-order valence-electron chi connectivity index (χ1n) is 17.0. The lowest BCUT2D eigenvalue weighted by Gasteiger charge is -2.37. The number of piperidine rings is 1. The van der Waals surface area contributed by atoms with Crippen LogP contribution in [-0.2, 0) is 16.6 Å². The number of aromatic nitrogens is 4. The number of para-hydroxylation sites is 1. The summed E-state index contributed by atoms with van der Waals surface area (Å²) < 4.78 is 17.1. The van der Waals surface area contributed by atoms with Gasteiger partial charge in [0.1, 0.15) is 11.9 Å². The number of halogens is 1. The van der Waals surface area contributed by atoms with E-state index >= 15 is 4.39 Å². The van der Waals surface area contributed by atoms with Crippen molar-refractivity contribution in [3.8, 4) is 0 Å². The number of anilines is 6. The van der Waals surface area contributed by atoms with Crippen molar-refractivity contribution < 1.29 is 23.6 Å². The molecule has 0 spiro atoms. The number of nitrogens with one attached hydrogen (secondary N) is 3. The van der Waals surface area contributed by atoms with Crippen LogP contribution in [0.15, 0.2) is 60.8 Å². The molecule has 4 amide bonds. The summed E-state index contributed by atoms with van der Waals surface area (Å²) in [4.78, 5) is 64.5. The lowest BCUT2D eigenvalue weighted by molar-refractivity contribution is -0.136. The standard InChI is InChI=1S/C37H35FN10O4/c1-20-5-4-6-21(2)31(20)42-32-26-19-39-37(43-33(26)45(3)44-32)40-22-7-9-23(10-8-22)46-13-15-47(16-14-46)29-18-25-24(17-27(29)38)35(51)48(36(25)52)28-11-12-30(49)41-34(28)50/h4-10,17-19,28H,11-16H2,1-3H3,(H,42,44)(H,39,40,43)(H,41,49,50). The second-order valence-corrected chi connectivity index (χ2v) is 13.2. The summed E-state index contributed by atoms with van der Waals surface area (Å²) in [6, 6.07) is 15.4. The van der Waals surface area contributed by atoms with Crippen LogP contribution in [-0.4, -0.2) is 80.5 Å². The molecule has 5 aromatic rings. The summed E-state index contributed by atoms with van der Waals surface area (Å²) in [5.74, 6) is -2.05. The molecule has 0 saturated carbocycles. The molecule has 2 aromatic heterocycles. The van der Waals surface area contributed by atoms with Crippen molar-refractivity contribution in [2.45, 2.75) is 32.7 Å². The number of carbonyl (C=O) groups is 4. The third-order valence-electron chi connectivity index (χ3n) is 9.92. The number of piperazine rings is 1. The number of hydrogen-bond acceptors (Lipinski definition) is 11. The summed E-state index contributed by atoms with van der Waals surface area (Å²) >= 11 is 0. The Kier molecular flexibility index (Phi) is 8.04. The van der Waals surface area contributed by atoms with Crippen molar-refractivity contribution in [3.63, 3.8) is 0 Å². The first kappa shape index (κ1) is 32.8. The van der Waals surface area contributed by atoms with Crippen LogP contribution in [0.3, 0.4) is 0 Å². The fourth-order valence-electron chi connectivity index (χ4n) is 7.13. The van der Waals surface area contributed by atoms with Crippen LogP contribution < -0.4 is 25.8 Å². The van der Waals surface area contributed by atoms with Crippen molar-refractivity contribution in [3.05, 3.63) is 88.9 Å². The van der Waals surface area contributed by atoms with Gasteiger partial charge in [-0.05, 0) is 67.8 Å². The topological polar surface area (TPSA) is 158 Å². The number of nitrogens with zero attached hydrogens (tertiary/aromatic N) is 7. The van der Waals surface area contributed by atoms with Gasteiger partial charge in [-0.1, -0.05) is 18.2 Å². The molecule has 0 aliphatic carbocycles. The number of aryl methyl sites for hydroxylation is 3. The van der Waals surface area contributed by atoms with Gasteiger partial charge in [-0.2, -0.15) is 10.1 Å². The molecule has 0 bridgehead atoms. The number of fused-ring (bicyclic) bond motifs is 2. The van der Waals surface area contributed by atoms with Crippen molar-refractivity contribution in [1.82, 2.24) is 30.0 Å². The largest absolute Gasteiger partial charge is 0.368 e. The van der Waals surface area contributed by atoms with E-state index in [1.165, 1.54) is 6.07 Å². The zero-order valence-corrected chi connectivity index (χ0v) is 28.7. The van der Waals surface area contributed by atoms with Gasteiger partial charge >= 0.3 is 0 Å². The summed E-state index contributed by atoms with van der Waals surface area (Å²) in [7, 11) is 1.85. The van der Waals surface area contributed by atoms with Crippen molar-refractivity contribution >= 4 is 69.2 Å². The van der Waals surface area contributed by atoms with Gasteiger partial charge in [-0.25, -0.2) is 14.1 Å². The molecule has 15 heteroatoms. The Balaban J connectivity index is 0.913. The highest BCUT2D eigenvalue weighted by Crippen LogP contribution is 2.34. The van der Waals surface area contributed by atoms with Crippen LogP contribution in [0, 0.1) is 19.7 Å². The smallest absolute Gasteiger partial charge is 0.262 e. The second-order valence-electron chi connectivity index (χ2n) is 13.2. The van der Waals surface area contributed by atoms with Gasteiger partial charge in [0.15, 0.2) is 11.5 Å². The molecule has 3 aliphatic heterocycles. The summed E-state index contributed by atoms with van der Waals surface area (Å²) in [6.45, 7) is 6.25. The molecular formula is C37H35FN10O4. The fourth-order valence-corrected chi connectivity index (χ4v) is 7.13. The molecule has 2 saturated heterocycles. The molecular weight excluding hydrogens is 667 g/mol. The Morgan fingerprint density at radius 2 is 1.54 bits per heavy atom. The second kappa shape index (κ2) is 12.7. The Morgan fingerprint density at radius 3 is 2.23 bits per heavy atom. The third-order valence-corrected chi connectivity index (χ3v) is 9.92. The zero-order chi connectivity index (χ0) is 36.3. The van der Waals surface area contributed by atoms with Crippen molar-refractivity contribution in [2.24, 2.45) is 7.05 Å². The van der Waals surface area contributed by atoms with Gasteiger partial charge in [-0.3, -0.25) is 29.4 Å². The Bertz CT molecular complexity index is 2280. The van der Waals surface area contributed by atoms with Crippen molar-refractivity contribution in [1.29, 1.82) is 0 Å². The minimum atomic E-state index is -1.11. The maximum absolute atomic E-state index is 15.4. The first-order chi connectivity index (χ1) is 25.0. The fraction of sp³-hybridized carbons (Fsp3) is 0.270. The first-order valence-corrected chi connectivity index (χ1v) is 17.0. The van der Waals surface area contributed by atoms with Crippen LogP contribution in [0.25, 0.3) is 11.0 Å². The maximum Gasteiger partial charge on any atom is 0.262 e. The van der Waals surface area contributed by atoms with Crippen LogP contribution in [0.4, 0.5) is 38.9 Å². The highest BCUT2D eigenvalue weighted by atomic mass is 19.1. The van der Waals surface area contributed by atoms with E-state index in [4.69, 9.17) is 4.98 Å². The van der Waals surface area contributed by atoms with Gasteiger partial charge < -0.3 is 20.4 Å². The van der Waals surface area contributed by atoms with E-state index in [0.717, 1.165) is 44.5 Å². The van der Waals surface area contributed by atoms with E-state index in [1.54, 1.807) is 10.9 Å². The molecule has 5 heterocycles. The SMILES string of the molecule is Cc1cccc(C)c1Nc1nn(C)c2nc(Nc3ccc(N4CCN(c5cc6c(cc5F)C(=O)N(C5CCC(=O)NC5=O)C6=O)CC4)cc3)ncc12. The zero-order valence-electron chi connectivity index (χ0n) is 28.7. The molecule has 52 heavy (non-hydrogen) atoms. The summed E-state index contributed by atoms with van der Waals surface area (Å²) in [6.07, 6.45) is 1.80. The minimum absolute atomic E-state index is 0.0118. The molecule has 3 aromatic carbocycles. The average molecular weight is 703 g/mol. The lowest BCUT2D eigenvalue weighted by atomic mass is 10.0. The van der Waals surface area contributed by atoms with E-state index in [9.17, 15) is 19.2 Å². The van der Waals surface area contributed by atoms with Crippen LogP contribution in [0.2, 0.25) is 0 Å². The van der Waals surface area contributed by atoms with E-state index in [0.29, 0.717) is 43.6 Å². The summed E-state index contributed by atoms with van der Waals surface area (Å²) in [5.41, 5.74) is 5.93. The van der Waals surface area contributed by atoms with E-state index < -0.39 is 35.5 Å². The normalized spacial score (nSPS) is 17.5. The van der Waals surface area contributed by atoms with Gasteiger partial charge in [0.2, 0.25) is 17.8 Å². The lowest BCUT2D eigenvalue weighted by Crippen LogP contribution is -2.54. The van der Waals surface area contributed by atoms with Gasteiger partial charge in [0.05, 0.1) is 22.2 Å². The average Bonchev–Trinajstić information content (AvgIpc) is 3.57. The number of carbonyl (C=O) groups excluding carboxylic acids is 4. The number of hydrogen-bond donors (Lipinski definition) is 3. The monoisotopic (exact) mass is 702 g/mol. The van der Waals surface area contributed by atoms with Gasteiger partial charge in [0.25, 0.3) is 11.8 Å². The number of benzene rings is 3. The van der Waals surface area contributed by atoms with Crippen LogP contribution in [0.1, 0.15) is 44.7 Å². The maximum atomic E-state index is 15.4. The van der Waals surface area contributed by atoms with Crippen LogP contribution >= 0.6 is 0 Å². The number of imide groups is 2. The molecule has 264 valence electrons. The van der Waals surface area contributed by atoms with Crippen molar-refractivity contribution in [2.75, 3.05) is 46.6 Å². The predicted molar refractivity (Wildman–Crippen MR) is 193 cm³/mol.